The minimum atomic E-state index is -0.805. The third-order valence-electron chi connectivity index (χ3n) is 10.4. The second-order valence-electron chi connectivity index (χ2n) is 14.4. The molecule has 0 aromatic heterocycles. The summed E-state index contributed by atoms with van der Waals surface area (Å²) in [7, 11) is 7.59. The van der Waals surface area contributed by atoms with Crippen molar-refractivity contribution in [3.8, 4) is 0 Å². The first kappa shape index (κ1) is 35.3. The highest BCUT2D eigenvalue weighted by Crippen LogP contribution is 2.32. The van der Waals surface area contributed by atoms with Gasteiger partial charge in [0, 0.05) is 52.1 Å². The summed E-state index contributed by atoms with van der Waals surface area (Å²) in [6.45, 7) is 2.36. The molecular formula is C40H53N5O3. The lowest BCUT2D eigenvalue weighted by Gasteiger charge is -2.39. The predicted octanol–water partition coefficient (Wildman–Crippen LogP) is 4.91. The number of likely N-dealkylation sites (N-methyl/N-ethyl adjacent to an activating group) is 2. The lowest BCUT2D eigenvalue weighted by atomic mass is 9.75. The summed E-state index contributed by atoms with van der Waals surface area (Å²) in [5, 5.41) is 2.19. The van der Waals surface area contributed by atoms with Crippen molar-refractivity contribution in [2.45, 2.75) is 69.0 Å². The fourth-order valence-electron chi connectivity index (χ4n) is 7.16. The van der Waals surface area contributed by atoms with Crippen LogP contribution in [0.1, 0.15) is 49.7 Å². The highest BCUT2D eigenvalue weighted by molar-refractivity contribution is 5.95. The van der Waals surface area contributed by atoms with E-state index in [4.69, 9.17) is 5.73 Å². The zero-order valence-corrected chi connectivity index (χ0v) is 29.2. The summed E-state index contributed by atoms with van der Waals surface area (Å²) < 4.78 is 0. The summed E-state index contributed by atoms with van der Waals surface area (Å²) in [5.41, 5.74) is 8.11. The number of piperidine rings is 1. The van der Waals surface area contributed by atoms with Gasteiger partial charge in [-0.05, 0) is 86.5 Å². The number of hydrogen-bond acceptors (Lipinski definition) is 5. The van der Waals surface area contributed by atoms with Gasteiger partial charge in [-0.25, -0.2) is 0 Å². The average molecular weight is 652 g/mol. The monoisotopic (exact) mass is 651 g/mol. The number of carbonyl (C=O) groups excluding carboxylic acids is 3. The van der Waals surface area contributed by atoms with Crippen molar-refractivity contribution < 1.29 is 14.4 Å². The van der Waals surface area contributed by atoms with Crippen LogP contribution in [0.2, 0.25) is 0 Å². The lowest BCUT2D eigenvalue weighted by molar-refractivity contribution is -0.149. The van der Waals surface area contributed by atoms with Crippen molar-refractivity contribution in [2.75, 3.05) is 47.8 Å². The Bertz CT molecular complexity index is 1580. The van der Waals surface area contributed by atoms with Crippen LogP contribution in [0.15, 0.2) is 84.9 Å². The third kappa shape index (κ3) is 8.91. The molecule has 8 nitrogen and oxygen atoms in total. The molecule has 256 valence electrons. The Labute approximate surface area is 286 Å². The molecule has 0 spiro atoms. The molecule has 2 N–H and O–H groups in total. The molecule has 1 heterocycles. The number of likely N-dealkylation sites (tertiary alicyclic amines) is 1. The maximum atomic E-state index is 14.6. The van der Waals surface area contributed by atoms with Gasteiger partial charge in [-0.1, -0.05) is 78.9 Å². The third-order valence-corrected chi connectivity index (χ3v) is 10.4. The first-order valence-electron chi connectivity index (χ1n) is 17.5. The van der Waals surface area contributed by atoms with Gasteiger partial charge in [-0.15, -0.1) is 0 Å². The number of rotatable bonds is 13. The van der Waals surface area contributed by atoms with Gasteiger partial charge in [0.2, 0.25) is 17.7 Å². The first-order valence-corrected chi connectivity index (χ1v) is 17.5. The van der Waals surface area contributed by atoms with Crippen LogP contribution in [0.25, 0.3) is 10.8 Å². The predicted molar refractivity (Wildman–Crippen MR) is 193 cm³/mol. The average Bonchev–Trinajstić information content (AvgIpc) is 3.08. The molecule has 1 aliphatic heterocycles. The van der Waals surface area contributed by atoms with Gasteiger partial charge in [0.25, 0.3) is 0 Å². The van der Waals surface area contributed by atoms with E-state index >= 15 is 0 Å². The Balaban J connectivity index is 1.40. The molecule has 1 saturated carbocycles. The summed E-state index contributed by atoms with van der Waals surface area (Å²) in [5.74, 6) is 0.0105. The summed E-state index contributed by atoms with van der Waals surface area (Å²) in [6, 6.07) is 22.7. The van der Waals surface area contributed by atoms with Crippen LogP contribution in [0.5, 0.6) is 0 Å². The molecule has 3 aromatic carbocycles. The molecule has 1 aliphatic carbocycles. The summed E-state index contributed by atoms with van der Waals surface area (Å²) in [4.78, 5) is 49.8. The van der Waals surface area contributed by atoms with E-state index in [0.29, 0.717) is 38.3 Å². The van der Waals surface area contributed by atoms with E-state index in [0.717, 1.165) is 60.5 Å². The van der Waals surface area contributed by atoms with Crippen molar-refractivity contribution in [3.63, 3.8) is 0 Å². The van der Waals surface area contributed by atoms with Gasteiger partial charge < -0.3 is 25.3 Å². The smallest absolute Gasteiger partial charge is 0.246 e. The zero-order chi connectivity index (χ0) is 34.3. The highest BCUT2D eigenvalue weighted by Gasteiger charge is 2.37. The van der Waals surface area contributed by atoms with Crippen LogP contribution in [-0.4, -0.2) is 103 Å². The Morgan fingerprint density at radius 1 is 0.833 bits per heavy atom. The number of fused-ring (bicyclic) bond motifs is 1. The molecule has 2 aliphatic rings. The maximum absolute atomic E-state index is 14.6. The Hall–Kier alpha value is -4.01. The van der Waals surface area contributed by atoms with Gasteiger partial charge in [0.15, 0.2) is 0 Å². The fourth-order valence-corrected chi connectivity index (χ4v) is 7.16. The van der Waals surface area contributed by atoms with Gasteiger partial charge >= 0.3 is 0 Å². The molecule has 2 atom stereocenters. The van der Waals surface area contributed by atoms with E-state index in [-0.39, 0.29) is 23.3 Å². The standard InChI is InChI=1S/C40H53N5O3/c1-42(2)29-31-19-24-45(25-20-31)39(48)36(27-30-12-6-5-7-13-30)44(4)38(47)35(28-32-17-18-33-14-8-9-15-34(33)26-32)43(3)37(46)16-10-21-40(41)22-11-23-40/h5-10,12-18,26,31,35-36H,11,19-25,27-29,41H2,1-4H3/b16-10+/t35-,36-/m1/s1. The van der Waals surface area contributed by atoms with Crippen molar-refractivity contribution in [3.05, 3.63) is 96.1 Å². The minimum absolute atomic E-state index is 0.0370. The normalized spacial score (nSPS) is 17.7. The Kier molecular flexibility index (Phi) is 11.7. The van der Waals surface area contributed by atoms with Crippen molar-refractivity contribution >= 4 is 28.5 Å². The molecule has 0 unspecified atom stereocenters. The second-order valence-corrected chi connectivity index (χ2v) is 14.4. The topological polar surface area (TPSA) is 90.2 Å². The first-order chi connectivity index (χ1) is 23.0. The van der Waals surface area contributed by atoms with E-state index in [1.54, 1.807) is 25.1 Å². The van der Waals surface area contributed by atoms with Crippen LogP contribution in [0.4, 0.5) is 0 Å². The van der Waals surface area contributed by atoms with Crippen LogP contribution < -0.4 is 5.73 Å². The number of amides is 3. The van der Waals surface area contributed by atoms with E-state index in [9.17, 15) is 14.4 Å². The number of nitrogens with two attached hydrogens (primary N) is 1. The summed E-state index contributed by atoms with van der Waals surface area (Å²) >= 11 is 0. The van der Waals surface area contributed by atoms with Gasteiger partial charge in [0.1, 0.15) is 12.1 Å². The van der Waals surface area contributed by atoms with Crippen LogP contribution >= 0.6 is 0 Å². The molecule has 2 fully saturated rings. The molecule has 8 heteroatoms. The Morgan fingerprint density at radius 3 is 2.12 bits per heavy atom. The minimum Gasteiger partial charge on any atom is -0.341 e. The van der Waals surface area contributed by atoms with Crippen LogP contribution in [0, 0.1) is 5.92 Å². The zero-order valence-electron chi connectivity index (χ0n) is 29.2. The van der Waals surface area contributed by atoms with E-state index in [1.807, 2.05) is 59.5 Å². The quantitative estimate of drug-likeness (QED) is 0.266. The van der Waals surface area contributed by atoms with Gasteiger partial charge in [0.05, 0.1) is 0 Å². The molecule has 5 rings (SSSR count). The molecule has 1 saturated heterocycles. The SMILES string of the molecule is CN(C)CC1CCN(C(=O)[C@@H](Cc2ccccc2)N(C)C(=O)[C@@H](Cc2ccc3ccccc3c2)N(C)C(=O)/C=C/CC2(N)CCC2)CC1. The van der Waals surface area contributed by atoms with Crippen molar-refractivity contribution in [1.82, 2.24) is 19.6 Å². The van der Waals surface area contributed by atoms with Gasteiger partial charge in [-0.3, -0.25) is 14.4 Å². The largest absolute Gasteiger partial charge is 0.341 e. The summed E-state index contributed by atoms with van der Waals surface area (Å²) in [6.07, 6.45) is 9.68. The highest BCUT2D eigenvalue weighted by atomic mass is 16.2. The number of benzene rings is 3. The molecule has 48 heavy (non-hydrogen) atoms. The second kappa shape index (κ2) is 15.9. The van der Waals surface area contributed by atoms with Crippen LogP contribution in [0.3, 0.4) is 0 Å². The van der Waals surface area contributed by atoms with Gasteiger partial charge in [-0.2, -0.15) is 0 Å². The fraction of sp³-hybridized carbons (Fsp3) is 0.475. The van der Waals surface area contributed by atoms with Crippen molar-refractivity contribution in [2.24, 2.45) is 11.7 Å². The maximum Gasteiger partial charge on any atom is 0.246 e. The number of hydrogen-bond donors (Lipinski definition) is 1. The Morgan fingerprint density at radius 2 is 1.48 bits per heavy atom. The number of nitrogens with zero attached hydrogens (tertiary/aromatic N) is 4. The molecule has 3 amide bonds. The van der Waals surface area contributed by atoms with Crippen LogP contribution in [-0.2, 0) is 27.2 Å². The molecular weight excluding hydrogens is 598 g/mol. The molecule has 3 aromatic rings. The van der Waals surface area contributed by atoms with E-state index in [2.05, 4.69) is 43.3 Å². The van der Waals surface area contributed by atoms with E-state index in [1.165, 1.54) is 4.90 Å². The number of carbonyl (C=O) groups is 3. The lowest BCUT2D eigenvalue weighted by Crippen LogP contribution is -2.57. The molecule has 0 radical (unpaired) electrons. The molecule has 0 bridgehead atoms. The van der Waals surface area contributed by atoms with Crippen molar-refractivity contribution in [1.29, 1.82) is 0 Å². The van der Waals surface area contributed by atoms with E-state index < -0.39 is 12.1 Å².